The van der Waals surface area contributed by atoms with Crippen molar-refractivity contribution in [2.45, 2.75) is 19.8 Å². The Balaban J connectivity index is 1.66. The number of imidazole rings is 1. The molecule has 0 bridgehead atoms. The van der Waals surface area contributed by atoms with Crippen LogP contribution in [-0.4, -0.2) is 51.9 Å². The summed E-state index contributed by atoms with van der Waals surface area (Å²) in [7, 11) is 0. The molecule has 0 radical (unpaired) electrons. The molecule has 0 atom stereocenters. The summed E-state index contributed by atoms with van der Waals surface area (Å²) in [5, 5.41) is 10.6. The van der Waals surface area contributed by atoms with Gasteiger partial charge in [0.25, 0.3) is 0 Å². The molecule has 0 aliphatic carbocycles. The molecule has 8 nitrogen and oxygen atoms in total. The summed E-state index contributed by atoms with van der Waals surface area (Å²) in [6.45, 7) is 4.38. The smallest absolute Gasteiger partial charge is 0.493 e. The summed E-state index contributed by atoms with van der Waals surface area (Å²) in [6.07, 6.45) is -1.45. The van der Waals surface area contributed by atoms with Gasteiger partial charge in [-0.2, -0.15) is 0 Å². The third kappa shape index (κ3) is 4.42. The molecule has 0 saturated carbocycles. The third-order valence-electron chi connectivity index (χ3n) is 5.26. The fraction of sp³-hybridized carbons (Fsp3) is 0.333. The zero-order valence-electron chi connectivity index (χ0n) is 17.2. The minimum atomic E-state index is -4.82. The van der Waals surface area contributed by atoms with Crippen LogP contribution in [0.4, 0.5) is 18.9 Å². The lowest BCUT2D eigenvalue weighted by Gasteiger charge is -2.30. The molecule has 1 saturated heterocycles. The average Bonchev–Trinajstić information content (AvgIpc) is 2.97. The molecule has 2 aromatic heterocycles. The number of alkyl halides is 3. The summed E-state index contributed by atoms with van der Waals surface area (Å²) in [5.41, 5.74) is 1.75. The number of morpholine rings is 1. The van der Waals surface area contributed by atoms with Crippen molar-refractivity contribution in [2.24, 2.45) is 0 Å². The molecule has 1 fully saturated rings. The van der Waals surface area contributed by atoms with Crippen molar-refractivity contribution in [3.8, 4) is 17.3 Å². The van der Waals surface area contributed by atoms with Gasteiger partial charge in [-0.05, 0) is 42.8 Å². The Morgan fingerprint density at radius 3 is 2.50 bits per heavy atom. The van der Waals surface area contributed by atoms with E-state index in [4.69, 9.17) is 4.74 Å². The lowest BCUT2D eigenvalue weighted by atomic mass is 10.2. The van der Waals surface area contributed by atoms with Crippen LogP contribution >= 0.6 is 0 Å². The molecule has 4 rings (SSSR count). The normalized spacial score (nSPS) is 14.6. The van der Waals surface area contributed by atoms with Gasteiger partial charge in [-0.15, -0.1) is 13.2 Å². The number of aromatic hydroxyl groups is 1. The van der Waals surface area contributed by atoms with Crippen LogP contribution in [0.25, 0.3) is 5.69 Å². The van der Waals surface area contributed by atoms with Crippen molar-refractivity contribution in [2.75, 3.05) is 31.2 Å². The number of hydrogen-bond acceptors (Lipinski definition) is 6. The van der Waals surface area contributed by atoms with Gasteiger partial charge >= 0.3 is 12.1 Å². The number of rotatable bonds is 5. The first-order valence-electron chi connectivity index (χ1n) is 9.87. The summed E-state index contributed by atoms with van der Waals surface area (Å²) in [6, 6.07) is 6.53. The second-order valence-corrected chi connectivity index (χ2v) is 7.26. The zero-order chi connectivity index (χ0) is 22.9. The Morgan fingerprint density at radius 2 is 1.84 bits per heavy atom. The summed E-state index contributed by atoms with van der Waals surface area (Å²) in [4.78, 5) is 19.4. The molecule has 32 heavy (non-hydrogen) atoms. The van der Waals surface area contributed by atoms with Gasteiger partial charge in [-0.25, -0.2) is 9.36 Å². The van der Waals surface area contributed by atoms with Crippen LogP contribution < -0.4 is 15.3 Å². The van der Waals surface area contributed by atoms with Gasteiger partial charge in [0.2, 0.25) is 5.88 Å². The van der Waals surface area contributed by atoms with E-state index in [1.807, 2.05) is 6.07 Å². The Morgan fingerprint density at radius 1 is 1.16 bits per heavy atom. The molecule has 3 heterocycles. The predicted octanol–water partition coefficient (Wildman–Crippen LogP) is 2.83. The minimum Gasteiger partial charge on any atom is -0.493 e. The molecule has 170 valence electrons. The maximum Gasteiger partial charge on any atom is 0.573 e. The second kappa shape index (κ2) is 8.58. The fourth-order valence-corrected chi connectivity index (χ4v) is 3.66. The number of halogens is 3. The van der Waals surface area contributed by atoms with Crippen LogP contribution in [0, 0.1) is 6.92 Å². The van der Waals surface area contributed by atoms with Crippen molar-refractivity contribution < 1.29 is 27.8 Å². The number of aromatic nitrogens is 3. The molecular formula is C21H21F3N4O4. The van der Waals surface area contributed by atoms with E-state index in [-0.39, 0.29) is 18.1 Å². The lowest BCUT2D eigenvalue weighted by molar-refractivity contribution is -0.274. The van der Waals surface area contributed by atoms with E-state index in [2.05, 4.69) is 14.6 Å². The van der Waals surface area contributed by atoms with Gasteiger partial charge in [0.15, 0.2) is 0 Å². The Hall–Kier alpha value is -3.47. The number of anilines is 1. The van der Waals surface area contributed by atoms with Crippen LogP contribution in [0.5, 0.6) is 11.6 Å². The Labute approximate surface area is 181 Å². The second-order valence-electron chi connectivity index (χ2n) is 7.26. The highest BCUT2D eigenvalue weighted by atomic mass is 19.4. The van der Waals surface area contributed by atoms with Crippen LogP contribution in [0.3, 0.4) is 0 Å². The summed E-state index contributed by atoms with van der Waals surface area (Å²) < 4.78 is 48.9. The summed E-state index contributed by atoms with van der Waals surface area (Å²) >= 11 is 0. The van der Waals surface area contributed by atoms with E-state index in [1.54, 1.807) is 19.3 Å². The molecule has 11 heteroatoms. The van der Waals surface area contributed by atoms with E-state index in [1.165, 1.54) is 16.7 Å². The monoisotopic (exact) mass is 450 g/mol. The molecule has 1 aliphatic rings. The van der Waals surface area contributed by atoms with Gasteiger partial charge in [-0.1, -0.05) is 0 Å². The number of pyridine rings is 1. The van der Waals surface area contributed by atoms with Gasteiger partial charge < -0.3 is 19.5 Å². The van der Waals surface area contributed by atoms with E-state index in [0.717, 1.165) is 28.0 Å². The minimum absolute atomic E-state index is 0.190. The molecule has 3 aromatic rings. The van der Waals surface area contributed by atoms with Crippen molar-refractivity contribution in [3.05, 3.63) is 64.5 Å². The maximum atomic E-state index is 13.1. The number of hydrogen-bond donors (Lipinski definition) is 1. The fourth-order valence-electron chi connectivity index (χ4n) is 3.66. The number of nitrogens with zero attached hydrogens (tertiary/aromatic N) is 4. The van der Waals surface area contributed by atoms with Crippen molar-refractivity contribution in [1.29, 1.82) is 0 Å². The quantitative estimate of drug-likeness (QED) is 0.644. The van der Waals surface area contributed by atoms with Gasteiger partial charge in [0.05, 0.1) is 43.0 Å². The molecular weight excluding hydrogens is 429 g/mol. The highest BCUT2D eigenvalue weighted by Crippen LogP contribution is 2.27. The predicted molar refractivity (Wildman–Crippen MR) is 109 cm³/mol. The first-order chi connectivity index (χ1) is 15.2. The Bertz CT molecular complexity index is 1150. The Kier molecular flexibility index (Phi) is 5.83. The molecule has 0 unspecified atom stereocenters. The standard InChI is InChI=1S/C21H21F3N4O4/c1-14-19(29)28(16-2-4-17(5-3-16)32-21(22,23)24)20(30)27(14)13-15-6-7-25-12-18(15)26-8-10-31-11-9-26/h2-7,12,29H,8-11,13H2,1H3. The number of ether oxygens (including phenoxy) is 2. The average molecular weight is 450 g/mol. The SMILES string of the molecule is Cc1c(O)n(-c2ccc(OC(F)(F)F)cc2)c(=O)n1Cc1ccncc1N1CCOCC1. The number of benzene rings is 1. The molecule has 0 spiro atoms. The van der Waals surface area contributed by atoms with Crippen LogP contribution in [-0.2, 0) is 11.3 Å². The van der Waals surface area contributed by atoms with E-state index in [0.29, 0.717) is 32.0 Å². The van der Waals surface area contributed by atoms with Gasteiger partial charge in [0.1, 0.15) is 5.75 Å². The topological polar surface area (TPSA) is 81.8 Å². The van der Waals surface area contributed by atoms with E-state index < -0.39 is 17.8 Å². The van der Waals surface area contributed by atoms with E-state index in [9.17, 15) is 23.1 Å². The van der Waals surface area contributed by atoms with Crippen LogP contribution in [0.15, 0.2) is 47.5 Å². The maximum absolute atomic E-state index is 13.1. The first-order valence-corrected chi connectivity index (χ1v) is 9.87. The summed E-state index contributed by atoms with van der Waals surface area (Å²) in [5.74, 6) is -0.710. The van der Waals surface area contributed by atoms with Crippen LogP contribution in [0.2, 0.25) is 0 Å². The zero-order valence-corrected chi connectivity index (χ0v) is 17.2. The molecule has 1 aromatic carbocycles. The third-order valence-corrected chi connectivity index (χ3v) is 5.26. The van der Waals surface area contributed by atoms with E-state index >= 15 is 0 Å². The molecule has 0 amide bonds. The van der Waals surface area contributed by atoms with Crippen molar-refractivity contribution >= 4 is 5.69 Å². The largest absolute Gasteiger partial charge is 0.573 e. The molecule has 1 aliphatic heterocycles. The highest BCUT2D eigenvalue weighted by Gasteiger charge is 2.31. The van der Waals surface area contributed by atoms with Crippen molar-refractivity contribution in [1.82, 2.24) is 14.1 Å². The van der Waals surface area contributed by atoms with Crippen LogP contribution in [0.1, 0.15) is 11.3 Å². The van der Waals surface area contributed by atoms with Crippen molar-refractivity contribution in [3.63, 3.8) is 0 Å². The molecule has 1 N–H and O–H groups in total. The highest BCUT2D eigenvalue weighted by molar-refractivity contribution is 5.52. The first kappa shape index (κ1) is 21.8. The van der Waals surface area contributed by atoms with Gasteiger partial charge in [-0.3, -0.25) is 9.55 Å². The van der Waals surface area contributed by atoms with Gasteiger partial charge in [0, 0.05) is 19.3 Å². The lowest BCUT2D eigenvalue weighted by Crippen LogP contribution is -2.37.